The summed E-state index contributed by atoms with van der Waals surface area (Å²) in [4.78, 5) is 25.4. The third-order valence-electron chi connectivity index (χ3n) is 3.50. The number of aromatic nitrogens is 2. The first-order valence-corrected chi connectivity index (χ1v) is 6.24. The van der Waals surface area contributed by atoms with Crippen molar-refractivity contribution in [2.24, 2.45) is 7.05 Å². The second-order valence-corrected chi connectivity index (χ2v) is 4.67. The van der Waals surface area contributed by atoms with Crippen LogP contribution >= 0.6 is 0 Å². The lowest BCUT2D eigenvalue weighted by atomic mass is 10.1. The van der Waals surface area contributed by atoms with Crippen LogP contribution in [0, 0.1) is 0 Å². The number of nitrogens with zero attached hydrogens (tertiary/aromatic N) is 3. The van der Waals surface area contributed by atoms with E-state index in [-0.39, 0.29) is 17.2 Å². The molecule has 0 spiro atoms. The summed E-state index contributed by atoms with van der Waals surface area (Å²) in [5.41, 5.74) is 1.98. The first kappa shape index (κ1) is 12.4. The Morgan fingerprint density at radius 2 is 2.05 bits per heavy atom. The van der Waals surface area contributed by atoms with Crippen molar-refractivity contribution >= 4 is 17.6 Å². The number of carbonyl (C=O) groups is 2. The van der Waals surface area contributed by atoms with Crippen molar-refractivity contribution in [3.8, 4) is 0 Å². The Kier molecular flexibility index (Phi) is 2.78. The molecule has 0 saturated heterocycles. The summed E-state index contributed by atoms with van der Waals surface area (Å²) in [6, 6.07) is 7.65. The maximum atomic E-state index is 12.6. The van der Waals surface area contributed by atoms with Gasteiger partial charge in [0.2, 0.25) is 0 Å². The fourth-order valence-corrected chi connectivity index (χ4v) is 2.54. The van der Waals surface area contributed by atoms with Crippen molar-refractivity contribution in [1.82, 2.24) is 9.78 Å². The van der Waals surface area contributed by atoms with Crippen LogP contribution in [0.25, 0.3) is 0 Å². The van der Waals surface area contributed by atoms with Crippen molar-refractivity contribution in [2.45, 2.75) is 6.42 Å². The van der Waals surface area contributed by atoms with E-state index >= 15 is 0 Å². The highest BCUT2D eigenvalue weighted by atomic mass is 16.4. The minimum Gasteiger partial charge on any atom is -0.477 e. The van der Waals surface area contributed by atoms with Crippen LogP contribution in [0.4, 0.5) is 5.69 Å². The molecule has 0 fully saturated rings. The van der Waals surface area contributed by atoms with E-state index in [0.717, 1.165) is 17.7 Å². The van der Waals surface area contributed by atoms with E-state index in [1.807, 2.05) is 24.3 Å². The van der Waals surface area contributed by atoms with Crippen LogP contribution in [0.2, 0.25) is 0 Å². The summed E-state index contributed by atoms with van der Waals surface area (Å²) in [5, 5.41) is 13.1. The van der Waals surface area contributed by atoms with Crippen LogP contribution < -0.4 is 4.90 Å². The van der Waals surface area contributed by atoms with Gasteiger partial charge in [0.05, 0.1) is 11.8 Å². The average Bonchev–Trinajstić information content (AvgIpc) is 3.01. The fourth-order valence-electron chi connectivity index (χ4n) is 2.54. The van der Waals surface area contributed by atoms with Crippen molar-refractivity contribution in [2.75, 3.05) is 11.4 Å². The van der Waals surface area contributed by atoms with E-state index in [1.54, 1.807) is 4.90 Å². The number of fused-ring (bicyclic) bond motifs is 1. The van der Waals surface area contributed by atoms with Gasteiger partial charge in [-0.15, -0.1) is 0 Å². The van der Waals surface area contributed by atoms with Crippen LogP contribution in [-0.2, 0) is 13.5 Å². The summed E-state index contributed by atoms with van der Waals surface area (Å²) in [7, 11) is 1.51. The predicted octanol–water partition coefficient (Wildman–Crippen LogP) is 1.32. The van der Waals surface area contributed by atoms with Crippen molar-refractivity contribution < 1.29 is 14.7 Å². The van der Waals surface area contributed by atoms with Crippen LogP contribution in [-0.4, -0.2) is 33.3 Å². The van der Waals surface area contributed by atoms with Gasteiger partial charge in [-0.2, -0.15) is 5.10 Å². The summed E-state index contributed by atoms with van der Waals surface area (Å²) in [6.07, 6.45) is 2.09. The van der Waals surface area contributed by atoms with Crippen LogP contribution in [0.15, 0.2) is 30.5 Å². The molecule has 102 valence electrons. The first-order valence-electron chi connectivity index (χ1n) is 6.24. The molecule has 1 amide bonds. The maximum absolute atomic E-state index is 12.6. The number of anilines is 1. The second-order valence-electron chi connectivity index (χ2n) is 4.67. The minimum absolute atomic E-state index is 0.0839. The molecule has 2 heterocycles. The molecule has 0 saturated carbocycles. The maximum Gasteiger partial charge on any atom is 0.354 e. The van der Waals surface area contributed by atoms with Gasteiger partial charge >= 0.3 is 5.97 Å². The zero-order valence-electron chi connectivity index (χ0n) is 10.9. The van der Waals surface area contributed by atoms with Gasteiger partial charge in [-0.05, 0) is 18.1 Å². The van der Waals surface area contributed by atoms with Crippen LogP contribution in [0.5, 0.6) is 0 Å². The molecule has 1 aliphatic heterocycles. The molecule has 2 aromatic rings. The van der Waals surface area contributed by atoms with Gasteiger partial charge in [-0.3, -0.25) is 9.48 Å². The number of carboxylic acid groups (broad SMARTS) is 1. The molecule has 1 N–H and O–H groups in total. The number of hydrogen-bond acceptors (Lipinski definition) is 3. The first-order chi connectivity index (χ1) is 9.59. The molecule has 0 radical (unpaired) electrons. The number of carbonyl (C=O) groups excluding carboxylic acids is 1. The number of amides is 1. The SMILES string of the molecule is Cn1ncc(C(=O)N2CCc3ccccc32)c1C(=O)O. The molecule has 0 aliphatic carbocycles. The van der Waals surface area contributed by atoms with Crippen LogP contribution in [0.1, 0.15) is 26.4 Å². The Hall–Kier alpha value is -2.63. The minimum atomic E-state index is -1.15. The molecule has 1 aromatic heterocycles. The van der Waals surface area contributed by atoms with Crippen molar-refractivity contribution in [1.29, 1.82) is 0 Å². The van der Waals surface area contributed by atoms with E-state index < -0.39 is 5.97 Å². The molecule has 0 bridgehead atoms. The van der Waals surface area contributed by atoms with Gasteiger partial charge < -0.3 is 10.0 Å². The van der Waals surface area contributed by atoms with Crippen molar-refractivity contribution in [3.63, 3.8) is 0 Å². The topological polar surface area (TPSA) is 75.4 Å². The summed E-state index contributed by atoms with van der Waals surface area (Å²) >= 11 is 0. The third kappa shape index (κ3) is 1.77. The number of para-hydroxylation sites is 1. The van der Waals surface area contributed by atoms with Crippen molar-refractivity contribution in [3.05, 3.63) is 47.3 Å². The Morgan fingerprint density at radius 1 is 1.30 bits per heavy atom. The van der Waals surface area contributed by atoms with Gasteiger partial charge in [0.1, 0.15) is 0 Å². The lowest BCUT2D eigenvalue weighted by Gasteiger charge is -2.16. The Balaban J connectivity index is 2.01. The Labute approximate surface area is 115 Å². The number of rotatable bonds is 2. The normalized spacial score (nSPS) is 13.3. The molecule has 20 heavy (non-hydrogen) atoms. The zero-order chi connectivity index (χ0) is 14.3. The lowest BCUT2D eigenvalue weighted by Crippen LogP contribution is -2.30. The summed E-state index contributed by atoms with van der Waals surface area (Å²) in [5.74, 6) is -1.47. The molecule has 0 atom stereocenters. The summed E-state index contributed by atoms with van der Waals surface area (Å²) in [6.45, 7) is 0.562. The van der Waals surface area contributed by atoms with E-state index in [2.05, 4.69) is 5.10 Å². The quantitative estimate of drug-likeness (QED) is 0.893. The molecule has 1 aromatic carbocycles. The Morgan fingerprint density at radius 3 is 2.80 bits per heavy atom. The molecular weight excluding hydrogens is 258 g/mol. The van der Waals surface area contributed by atoms with Gasteiger partial charge in [-0.1, -0.05) is 18.2 Å². The number of aromatic carboxylic acids is 1. The lowest BCUT2D eigenvalue weighted by molar-refractivity contribution is 0.0680. The average molecular weight is 271 g/mol. The Bertz CT molecular complexity index is 705. The summed E-state index contributed by atoms with van der Waals surface area (Å²) < 4.78 is 1.21. The van der Waals surface area contributed by atoms with Crippen LogP contribution in [0.3, 0.4) is 0 Å². The van der Waals surface area contributed by atoms with E-state index in [9.17, 15) is 14.7 Å². The number of hydrogen-bond donors (Lipinski definition) is 1. The van der Waals surface area contributed by atoms with Gasteiger partial charge in [0.15, 0.2) is 5.69 Å². The van der Waals surface area contributed by atoms with E-state index in [1.165, 1.54) is 17.9 Å². The molecular formula is C14H13N3O3. The molecule has 3 rings (SSSR count). The standard InChI is InChI=1S/C14H13N3O3/c1-16-12(14(19)20)10(8-15-16)13(18)17-7-6-9-4-2-3-5-11(9)17/h2-5,8H,6-7H2,1H3,(H,19,20). The number of benzene rings is 1. The second kappa shape index (κ2) is 4.48. The highest BCUT2D eigenvalue weighted by Gasteiger charge is 2.30. The zero-order valence-corrected chi connectivity index (χ0v) is 10.9. The fraction of sp³-hybridized carbons (Fsp3) is 0.214. The number of aryl methyl sites for hydroxylation is 1. The molecule has 0 unspecified atom stereocenters. The van der Waals surface area contributed by atoms with Gasteiger partial charge in [0, 0.05) is 19.3 Å². The van der Waals surface area contributed by atoms with E-state index in [4.69, 9.17) is 0 Å². The highest BCUT2D eigenvalue weighted by molar-refractivity contribution is 6.12. The van der Waals surface area contributed by atoms with Gasteiger partial charge in [-0.25, -0.2) is 4.79 Å². The largest absolute Gasteiger partial charge is 0.477 e. The number of carboxylic acids is 1. The highest BCUT2D eigenvalue weighted by Crippen LogP contribution is 2.29. The molecule has 6 heteroatoms. The third-order valence-corrected chi connectivity index (χ3v) is 3.50. The predicted molar refractivity (Wildman–Crippen MR) is 72.0 cm³/mol. The smallest absolute Gasteiger partial charge is 0.354 e. The van der Waals surface area contributed by atoms with E-state index in [0.29, 0.717) is 6.54 Å². The van der Waals surface area contributed by atoms with Gasteiger partial charge in [0.25, 0.3) is 5.91 Å². The molecule has 6 nitrogen and oxygen atoms in total. The molecule has 1 aliphatic rings. The monoisotopic (exact) mass is 271 g/mol.